The number of carbonyl (C=O) groups is 1. The summed E-state index contributed by atoms with van der Waals surface area (Å²) in [4.78, 5) is 11.3. The molecule has 6 heteroatoms. The second-order valence-electron chi connectivity index (χ2n) is 3.58. The molecule has 0 atom stereocenters. The number of hydrogen-bond donors (Lipinski definition) is 1. The normalized spacial score (nSPS) is 10.6. The van der Waals surface area contributed by atoms with Crippen LogP contribution in [0.5, 0.6) is 0 Å². The maximum atomic E-state index is 10.3. The molecule has 0 saturated carbocycles. The van der Waals surface area contributed by atoms with E-state index in [0.717, 1.165) is 11.3 Å². The molecule has 90 valence electrons. The van der Waals surface area contributed by atoms with E-state index in [1.54, 1.807) is 11.3 Å². The lowest BCUT2D eigenvalue weighted by molar-refractivity contribution is -0.137. The van der Waals surface area contributed by atoms with Gasteiger partial charge in [0.1, 0.15) is 0 Å². The largest absolute Gasteiger partial charge is 0.481 e. The molecule has 0 aromatic carbocycles. The van der Waals surface area contributed by atoms with Crippen LogP contribution in [0.4, 0.5) is 0 Å². The van der Waals surface area contributed by atoms with Crippen molar-refractivity contribution in [3.05, 3.63) is 23.4 Å². The maximum absolute atomic E-state index is 10.3. The minimum Gasteiger partial charge on any atom is -0.481 e. The Morgan fingerprint density at radius 1 is 1.41 bits per heavy atom. The van der Waals surface area contributed by atoms with Gasteiger partial charge in [-0.15, -0.1) is 21.5 Å². The van der Waals surface area contributed by atoms with Gasteiger partial charge in [-0.05, 0) is 24.3 Å². The lowest BCUT2D eigenvalue weighted by atomic mass is 10.2. The van der Waals surface area contributed by atoms with Crippen LogP contribution in [0.2, 0.25) is 0 Å². The number of carboxylic acid groups (broad SMARTS) is 1. The number of carboxylic acids is 1. The van der Waals surface area contributed by atoms with Crippen LogP contribution in [0.3, 0.4) is 0 Å². The summed E-state index contributed by atoms with van der Waals surface area (Å²) in [6, 6.07) is 3.85. The number of aromatic nitrogens is 2. The average molecular weight is 252 g/mol. The van der Waals surface area contributed by atoms with Crippen LogP contribution in [-0.2, 0) is 11.2 Å². The van der Waals surface area contributed by atoms with Crippen LogP contribution in [-0.4, -0.2) is 21.3 Å². The third-order valence-electron chi connectivity index (χ3n) is 2.23. The van der Waals surface area contributed by atoms with E-state index in [0.29, 0.717) is 24.6 Å². The van der Waals surface area contributed by atoms with E-state index in [9.17, 15) is 4.79 Å². The number of rotatable bonds is 6. The summed E-state index contributed by atoms with van der Waals surface area (Å²) in [7, 11) is 0. The molecule has 0 spiro atoms. The first kappa shape index (κ1) is 11.8. The van der Waals surface area contributed by atoms with Gasteiger partial charge in [-0.2, -0.15) is 0 Å². The monoisotopic (exact) mass is 252 g/mol. The average Bonchev–Trinajstić information content (AvgIpc) is 2.94. The first-order chi connectivity index (χ1) is 8.25. The summed E-state index contributed by atoms with van der Waals surface area (Å²) in [6.45, 7) is 0. The van der Waals surface area contributed by atoms with Crippen LogP contribution in [0.15, 0.2) is 21.9 Å². The van der Waals surface area contributed by atoms with Crippen molar-refractivity contribution in [1.29, 1.82) is 0 Å². The number of aryl methyl sites for hydroxylation is 1. The molecule has 0 amide bonds. The second-order valence-corrected chi connectivity index (χ2v) is 4.53. The Hall–Kier alpha value is -1.69. The molecule has 0 unspecified atom stereocenters. The van der Waals surface area contributed by atoms with Crippen LogP contribution in [0.25, 0.3) is 10.8 Å². The van der Waals surface area contributed by atoms with Crippen LogP contribution >= 0.6 is 11.3 Å². The van der Waals surface area contributed by atoms with Crippen molar-refractivity contribution >= 4 is 17.3 Å². The van der Waals surface area contributed by atoms with Gasteiger partial charge in [-0.1, -0.05) is 6.07 Å². The SMILES string of the molecule is O=C(O)CCCCc1nnc(-c2cccs2)o1. The number of thiophene rings is 1. The van der Waals surface area contributed by atoms with Gasteiger partial charge in [0, 0.05) is 12.8 Å². The van der Waals surface area contributed by atoms with Crippen molar-refractivity contribution in [2.24, 2.45) is 0 Å². The summed E-state index contributed by atoms with van der Waals surface area (Å²) in [5.41, 5.74) is 0. The number of nitrogens with zero attached hydrogens (tertiary/aromatic N) is 2. The summed E-state index contributed by atoms with van der Waals surface area (Å²) in [6.07, 6.45) is 2.20. The molecule has 0 aliphatic heterocycles. The zero-order chi connectivity index (χ0) is 12.1. The van der Waals surface area contributed by atoms with E-state index in [4.69, 9.17) is 9.52 Å². The molecule has 2 aromatic rings. The third-order valence-corrected chi connectivity index (χ3v) is 3.09. The van der Waals surface area contributed by atoms with Gasteiger partial charge in [0.15, 0.2) is 0 Å². The van der Waals surface area contributed by atoms with Gasteiger partial charge < -0.3 is 9.52 Å². The molecule has 0 saturated heterocycles. The maximum Gasteiger partial charge on any atom is 0.303 e. The molecule has 2 rings (SSSR count). The standard InChI is InChI=1S/C11H12N2O3S/c14-10(15)6-2-1-5-9-12-13-11(16-9)8-4-3-7-17-8/h3-4,7H,1-2,5-6H2,(H,14,15). The van der Waals surface area contributed by atoms with Crippen LogP contribution in [0.1, 0.15) is 25.2 Å². The van der Waals surface area contributed by atoms with E-state index in [2.05, 4.69) is 10.2 Å². The van der Waals surface area contributed by atoms with E-state index in [1.165, 1.54) is 0 Å². The van der Waals surface area contributed by atoms with E-state index >= 15 is 0 Å². The summed E-state index contributed by atoms with van der Waals surface area (Å²) >= 11 is 1.55. The molecule has 0 bridgehead atoms. The minimum atomic E-state index is -0.769. The van der Waals surface area contributed by atoms with Gasteiger partial charge in [0.05, 0.1) is 4.88 Å². The Morgan fingerprint density at radius 2 is 2.29 bits per heavy atom. The van der Waals surface area contributed by atoms with Crippen molar-refractivity contribution < 1.29 is 14.3 Å². The molecule has 1 N–H and O–H groups in total. The summed E-state index contributed by atoms with van der Waals surface area (Å²) in [5, 5.41) is 18.3. The van der Waals surface area contributed by atoms with E-state index < -0.39 is 5.97 Å². The lowest BCUT2D eigenvalue weighted by Crippen LogP contribution is -1.95. The van der Waals surface area contributed by atoms with Gasteiger partial charge in [0.25, 0.3) is 5.89 Å². The zero-order valence-corrected chi connectivity index (χ0v) is 9.94. The van der Waals surface area contributed by atoms with Crippen molar-refractivity contribution in [2.75, 3.05) is 0 Å². The van der Waals surface area contributed by atoms with Crippen molar-refractivity contribution in [3.63, 3.8) is 0 Å². The van der Waals surface area contributed by atoms with Crippen LogP contribution < -0.4 is 0 Å². The molecule has 5 nitrogen and oxygen atoms in total. The van der Waals surface area contributed by atoms with Crippen molar-refractivity contribution in [2.45, 2.75) is 25.7 Å². The Morgan fingerprint density at radius 3 is 3.00 bits per heavy atom. The molecule has 17 heavy (non-hydrogen) atoms. The highest BCUT2D eigenvalue weighted by Crippen LogP contribution is 2.23. The zero-order valence-electron chi connectivity index (χ0n) is 9.13. The van der Waals surface area contributed by atoms with Crippen LogP contribution in [0, 0.1) is 0 Å². The summed E-state index contributed by atoms with van der Waals surface area (Å²) in [5.74, 6) is 0.335. The first-order valence-electron chi connectivity index (χ1n) is 5.34. The van der Waals surface area contributed by atoms with Gasteiger partial charge >= 0.3 is 5.97 Å². The number of hydrogen-bond acceptors (Lipinski definition) is 5. The fourth-order valence-corrected chi connectivity index (χ4v) is 2.05. The molecule has 0 radical (unpaired) electrons. The van der Waals surface area contributed by atoms with Gasteiger partial charge in [0.2, 0.25) is 5.89 Å². The third kappa shape index (κ3) is 3.39. The molecule has 2 aromatic heterocycles. The minimum absolute atomic E-state index is 0.186. The first-order valence-corrected chi connectivity index (χ1v) is 6.22. The number of aliphatic carboxylic acids is 1. The lowest BCUT2D eigenvalue weighted by Gasteiger charge is -1.93. The van der Waals surface area contributed by atoms with Gasteiger partial charge in [-0.25, -0.2) is 0 Å². The molecule has 0 aliphatic carbocycles. The van der Waals surface area contributed by atoms with E-state index in [1.807, 2.05) is 17.5 Å². The Balaban J connectivity index is 1.84. The fourth-order valence-electron chi connectivity index (χ4n) is 1.41. The van der Waals surface area contributed by atoms with E-state index in [-0.39, 0.29) is 6.42 Å². The molecular formula is C11H12N2O3S. The Bertz CT molecular complexity index is 479. The highest BCUT2D eigenvalue weighted by Gasteiger charge is 2.09. The summed E-state index contributed by atoms with van der Waals surface area (Å²) < 4.78 is 5.48. The fraction of sp³-hybridized carbons (Fsp3) is 0.364. The predicted molar refractivity (Wildman–Crippen MR) is 62.8 cm³/mol. The Kier molecular flexibility index (Phi) is 3.87. The molecule has 2 heterocycles. The highest BCUT2D eigenvalue weighted by atomic mass is 32.1. The highest BCUT2D eigenvalue weighted by molar-refractivity contribution is 7.13. The predicted octanol–water partition coefficient (Wildman–Crippen LogP) is 2.60. The second kappa shape index (κ2) is 5.58. The molecule has 0 fully saturated rings. The molecular weight excluding hydrogens is 240 g/mol. The number of unbranched alkanes of at least 4 members (excludes halogenated alkanes) is 1. The topological polar surface area (TPSA) is 76.2 Å². The smallest absolute Gasteiger partial charge is 0.303 e. The molecule has 0 aliphatic rings. The quantitative estimate of drug-likeness (QED) is 0.800. The Labute approximate surface area is 102 Å². The van der Waals surface area contributed by atoms with Gasteiger partial charge in [-0.3, -0.25) is 4.79 Å². The van der Waals surface area contributed by atoms with Crippen molar-refractivity contribution in [1.82, 2.24) is 10.2 Å². The van der Waals surface area contributed by atoms with Crippen molar-refractivity contribution in [3.8, 4) is 10.8 Å².